The highest BCUT2D eigenvalue weighted by Gasteiger charge is 2.17. The Balaban J connectivity index is 1.36. The lowest BCUT2D eigenvalue weighted by Gasteiger charge is -2.32. The van der Waals surface area contributed by atoms with Crippen LogP contribution in [0.3, 0.4) is 0 Å². The van der Waals surface area contributed by atoms with Gasteiger partial charge in [0.2, 0.25) is 5.95 Å². The average molecular weight is 581 g/mol. The monoisotopic (exact) mass is 579 g/mol. The molecule has 0 amide bonds. The van der Waals surface area contributed by atoms with Gasteiger partial charge in [0.25, 0.3) is 0 Å². The van der Waals surface area contributed by atoms with Gasteiger partial charge < -0.3 is 19.8 Å². The maximum absolute atomic E-state index is 4.77. The zero-order valence-corrected chi connectivity index (χ0v) is 23.6. The van der Waals surface area contributed by atoms with Crippen molar-refractivity contribution < 1.29 is 0 Å². The van der Waals surface area contributed by atoms with Crippen molar-refractivity contribution in [1.29, 1.82) is 0 Å². The van der Waals surface area contributed by atoms with Gasteiger partial charge in [-0.1, -0.05) is 24.1 Å². The number of fused-ring (bicyclic) bond motifs is 1. The van der Waals surface area contributed by atoms with Crippen molar-refractivity contribution in [2.75, 3.05) is 61.5 Å². The van der Waals surface area contributed by atoms with Crippen molar-refractivity contribution in [2.45, 2.75) is 6.54 Å². The van der Waals surface area contributed by atoms with E-state index in [1.807, 2.05) is 31.5 Å². The van der Waals surface area contributed by atoms with Crippen molar-refractivity contribution in [1.82, 2.24) is 29.7 Å². The lowest BCUT2D eigenvalue weighted by atomic mass is 10.1. The number of benzene rings is 2. The Morgan fingerprint density at radius 1 is 1.03 bits per heavy atom. The van der Waals surface area contributed by atoms with Crippen LogP contribution in [-0.4, -0.2) is 76.3 Å². The van der Waals surface area contributed by atoms with Crippen LogP contribution >= 0.6 is 27.9 Å². The molecule has 2 aromatic heterocycles. The molecule has 0 aliphatic carbocycles. The predicted octanol–water partition coefficient (Wildman–Crippen LogP) is 5.13. The molecular formula is C26H30BrN9S. The molecule has 0 unspecified atom stereocenters. The van der Waals surface area contributed by atoms with Gasteiger partial charge in [-0.15, -0.1) is 0 Å². The highest BCUT2D eigenvalue weighted by atomic mass is 79.9. The van der Waals surface area contributed by atoms with Crippen LogP contribution in [0.15, 0.2) is 59.5 Å². The van der Waals surface area contributed by atoms with E-state index in [2.05, 4.69) is 80.9 Å². The Kier molecular flexibility index (Phi) is 8.04. The van der Waals surface area contributed by atoms with Crippen molar-refractivity contribution >= 4 is 67.7 Å². The van der Waals surface area contributed by atoms with Crippen LogP contribution in [-0.2, 0) is 6.54 Å². The molecule has 37 heavy (non-hydrogen) atoms. The van der Waals surface area contributed by atoms with E-state index in [9.17, 15) is 0 Å². The van der Waals surface area contributed by atoms with E-state index in [0.717, 1.165) is 65.3 Å². The second-order valence-corrected chi connectivity index (χ2v) is 10.8. The Morgan fingerprint density at radius 2 is 1.84 bits per heavy atom. The first kappa shape index (κ1) is 25.7. The molecule has 192 valence electrons. The molecule has 1 fully saturated rings. The molecule has 0 spiro atoms. The number of rotatable bonds is 8. The topological polar surface area (TPSA) is 85.3 Å². The number of halogens is 1. The van der Waals surface area contributed by atoms with Gasteiger partial charge in [0, 0.05) is 70.3 Å². The van der Waals surface area contributed by atoms with E-state index in [1.165, 1.54) is 5.56 Å². The normalized spacial score (nSPS) is 14.6. The Morgan fingerprint density at radius 3 is 2.65 bits per heavy atom. The highest BCUT2D eigenvalue weighted by Crippen LogP contribution is 2.37. The second-order valence-electron chi connectivity index (χ2n) is 8.99. The quantitative estimate of drug-likeness (QED) is 0.274. The van der Waals surface area contributed by atoms with Gasteiger partial charge in [0.1, 0.15) is 11.3 Å². The summed E-state index contributed by atoms with van der Waals surface area (Å²) in [6.45, 7) is 5.34. The van der Waals surface area contributed by atoms with Crippen LogP contribution in [0.5, 0.6) is 0 Å². The maximum Gasteiger partial charge on any atom is 0.229 e. The van der Waals surface area contributed by atoms with E-state index < -0.39 is 0 Å². The molecule has 9 nitrogen and oxygen atoms in total. The fourth-order valence-corrected chi connectivity index (χ4v) is 4.97. The number of nitrogens with one attached hydrogen (secondary N) is 2. The molecule has 0 radical (unpaired) electrons. The third kappa shape index (κ3) is 6.12. The number of likely N-dealkylation sites (N-methyl/N-ethyl adjacent to an activating group) is 1. The van der Waals surface area contributed by atoms with E-state index in [-0.39, 0.29) is 0 Å². The largest absolute Gasteiger partial charge is 0.337 e. The Hall–Kier alpha value is -2.99. The Bertz CT molecular complexity index is 1380. The SMILES string of the molecule is CSN(C)c1c(Nc2nc(Nc3cccc(CN4CCN(C)CC4)c3)ncc2Br)ccc2nccnc12. The van der Waals surface area contributed by atoms with Crippen LogP contribution in [0.2, 0.25) is 0 Å². The van der Waals surface area contributed by atoms with Crippen LogP contribution in [0.25, 0.3) is 11.0 Å². The lowest BCUT2D eigenvalue weighted by Crippen LogP contribution is -2.43. The number of piperazine rings is 1. The number of hydrogen-bond acceptors (Lipinski definition) is 10. The first-order valence-corrected chi connectivity index (χ1v) is 14.1. The van der Waals surface area contributed by atoms with E-state index in [1.54, 1.807) is 30.5 Å². The summed E-state index contributed by atoms with van der Waals surface area (Å²) in [5.74, 6) is 1.17. The molecule has 1 aliphatic heterocycles. The summed E-state index contributed by atoms with van der Waals surface area (Å²) < 4.78 is 2.83. The minimum absolute atomic E-state index is 0.516. The summed E-state index contributed by atoms with van der Waals surface area (Å²) in [6, 6.07) is 12.4. The number of nitrogens with zero attached hydrogens (tertiary/aromatic N) is 7. The van der Waals surface area contributed by atoms with E-state index in [4.69, 9.17) is 4.98 Å². The first-order valence-electron chi connectivity index (χ1n) is 12.1. The van der Waals surface area contributed by atoms with Gasteiger partial charge >= 0.3 is 0 Å². The average Bonchev–Trinajstić information content (AvgIpc) is 2.91. The van der Waals surface area contributed by atoms with Gasteiger partial charge in [-0.2, -0.15) is 4.98 Å². The van der Waals surface area contributed by atoms with Crippen LogP contribution in [0, 0.1) is 0 Å². The Labute approximate surface area is 230 Å². The third-order valence-corrected chi connectivity index (χ3v) is 7.70. The number of aromatic nitrogens is 4. The molecule has 1 aliphatic rings. The van der Waals surface area contributed by atoms with Crippen molar-refractivity contribution in [3.05, 3.63) is 65.0 Å². The standard InChI is InChI=1S/C26H30BrN9S/c1-34-11-13-36(14-12-34)17-18-5-4-6-19(15-18)31-26-30-16-20(27)25(33-26)32-22-8-7-21-23(29-10-9-28-21)24(22)35(2)37-3/h4-10,15-16H,11-14,17H2,1-3H3,(H2,30,31,32,33). The van der Waals surface area contributed by atoms with Gasteiger partial charge in [-0.05, 0) is 52.8 Å². The second kappa shape index (κ2) is 11.6. The lowest BCUT2D eigenvalue weighted by molar-refractivity contribution is 0.148. The van der Waals surface area contributed by atoms with Crippen molar-refractivity contribution in [2.24, 2.45) is 0 Å². The smallest absolute Gasteiger partial charge is 0.229 e. The van der Waals surface area contributed by atoms with Gasteiger partial charge in [0.05, 0.1) is 21.4 Å². The van der Waals surface area contributed by atoms with Gasteiger partial charge in [-0.3, -0.25) is 14.9 Å². The molecule has 2 N–H and O–H groups in total. The fraction of sp³-hybridized carbons (Fsp3) is 0.308. The molecule has 11 heteroatoms. The van der Waals surface area contributed by atoms with Crippen LogP contribution < -0.4 is 14.9 Å². The summed E-state index contributed by atoms with van der Waals surface area (Å²) >= 11 is 5.21. The molecule has 4 aromatic rings. The molecular weight excluding hydrogens is 550 g/mol. The van der Waals surface area contributed by atoms with Gasteiger partial charge in [0.15, 0.2) is 0 Å². The minimum atomic E-state index is 0.516. The number of anilines is 5. The highest BCUT2D eigenvalue weighted by molar-refractivity contribution is 9.10. The molecule has 5 rings (SSSR count). The molecule has 0 atom stereocenters. The summed E-state index contributed by atoms with van der Waals surface area (Å²) in [5, 5.41) is 6.85. The predicted molar refractivity (Wildman–Crippen MR) is 157 cm³/mol. The fourth-order valence-electron chi connectivity index (χ4n) is 4.32. The maximum atomic E-state index is 4.77. The summed E-state index contributed by atoms with van der Waals surface area (Å²) in [6.07, 6.45) is 7.20. The molecule has 0 bridgehead atoms. The third-order valence-electron chi connectivity index (χ3n) is 6.38. The van der Waals surface area contributed by atoms with E-state index >= 15 is 0 Å². The van der Waals surface area contributed by atoms with E-state index in [0.29, 0.717) is 11.8 Å². The first-order chi connectivity index (χ1) is 18.0. The van der Waals surface area contributed by atoms with Crippen LogP contribution in [0.1, 0.15) is 5.56 Å². The van der Waals surface area contributed by atoms with Crippen LogP contribution in [0.4, 0.5) is 28.8 Å². The zero-order chi connectivity index (χ0) is 25.8. The molecule has 0 saturated carbocycles. The van der Waals surface area contributed by atoms with Gasteiger partial charge in [-0.25, -0.2) is 4.98 Å². The van der Waals surface area contributed by atoms with Crippen molar-refractivity contribution in [3.8, 4) is 0 Å². The molecule has 2 aromatic carbocycles. The molecule has 1 saturated heterocycles. The minimum Gasteiger partial charge on any atom is -0.337 e. The summed E-state index contributed by atoms with van der Waals surface area (Å²) in [5.41, 5.74) is 5.71. The summed E-state index contributed by atoms with van der Waals surface area (Å²) in [4.78, 5) is 23.2. The van der Waals surface area contributed by atoms with Crippen molar-refractivity contribution in [3.63, 3.8) is 0 Å². The zero-order valence-electron chi connectivity index (χ0n) is 21.1. The summed E-state index contributed by atoms with van der Waals surface area (Å²) in [7, 11) is 4.19. The molecule has 3 heterocycles. The number of hydrogen-bond donors (Lipinski definition) is 2.